The molecule has 2 aliphatic carbocycles. The molecule has 10 nitrogen and oxygen atoms in total. The molecule has 0 spiro atoms. The van der Waals surface area contributed by atoms with Crippen LogP contribution in [0.1, 0.15) is 54.1 Å². The molecule has 320 valence electrons. The van der Waals surface area contributed by atoms with Gasteiger partial charge in [0.2, 0.25) is 0 Å². The summed E-state index contributed by atoms with van der Waals surface area (Å²) in [5.41, 5.74) is 7.08. The van der Waals surface area contributed by atoms with Crippen molar-refractivity contribution in [2.45, 2.75) is 37.9 Å². The topological polar surface area (TPSA) is 158 Å². The first-order valence-corrected chi connectivity index (χ1v) is 19.8. The van der Waals surface area contributed by atoms with Crippen molar-refractivity contribution in [3.05, 3.63) is 177 Å². The fraction of sp³-hybridized carbons (Fsp3) is 0.208. The highest BCUT2D eigenvalue weighted by molar-refractivity contribution is 6.12. The van der Waals surface area contributed by atoms with Crippen LogP contribution >= 0.6 is 0 Å². The number of fused-ring (bicyclic) bond motifs is 4. The van der Waals surface area contributed by atoms with Gasteiger partial charge < -0.3 is 40.5 Å². The van der Waals surface area contributed by atoms with Crippen LogP contribution in [0.4, 0.5) is 40.3 Å². The molecule has 0 amide bonds. The van der Waals surface area contributed by atoms with E-state index < -0.39 is 48.7 Å². The molecule has 6 aromatic rings. The Bertz CT molecular complexity index is 2440. The van der Waals surface area contributed by atoms with Crippen LogP contribution < -0.4 is 20.1 Å². The molecule has 8 rings (SSSR count). The summed E-state index contributed by atoms with van der Waals surface area (Å²) in [5.74, 6) is -2.11. The lowest BCUT2D eigenvalue weighted by Gasteiger charge is -2.12. The minimum absolute atomic E-state index is 0.0744. The third kappa shape index (κ3) is 10.3. The fourth-order valence-electron chi connectivity index (χ4n) is 7.16. The number of aliphatic hydroxyl groups is 4. The van der Waals surface area contributed by atoms with E-state index >= 15 is 0 Å². The molecule has 0 fully saturated rings. The maximum atomic E-state index is 14.0. The van der Waals surface area contributed by atoms with E-state index in [1.54, 1.807) is 60.7 Å². The second-order valence-corrected chi connectivity index (χ2v) is 14.8. The van der Waals surface area contributed by atoms with E-state index in [1.807, 2.05) is 12.1 Å². The molecule has 0 aliphatic heterocycles. The summed E-state index contributed by atoms with van der Waals surface area (Å²) < 4.78 is 65.1. The maximum absolute atomic E-state index is 14.0. The van der Waals surface area contributed by atoms with Crippen LogP contribution in [0, 0.1) is 23.3 Å². The number of aryl methyl sites for hydroxylation is 4. The van der Waals surface area contributed by atoms with Crippen molar-refractivity contribution in [1.82, 2.24) is 0 Å². The zero-order chi connectivity index (χ0) is 43.9. The molecule has 2 atom stereocenters. The standard InChI is InChI=1S/2C24H21F2NO4/c2*25-16-4-8-23(22(26)10-16)27-17-5-7-20-15(9-17)2-1-14-3-6-19(11-21(14)24(20)30)31-13-18(29)12-28/h2*3-11,18,27-29H,1-2,12-13H2/t2*18-/m11/s1. The van der Waals surface area contributed by atoms with Gasteiger partial charge in [0.25, 0.3) is 0 Å². The first kappa shape index (κ1) is 43.5. The molecule has 6 aromatic carbocycles. The molecule has 2 aliphatic rings. The van der Waals surface area contributed by atoms with Crippen LogP contribution in [-0.2, 0) is 25.7 Å². The molecular formula is C48H42F4N2O8. The number of benzene rings is 6. The number of rotatable bonds is 12. The van der Waals surface area contributed by atoms with E-state index in [0.717, 1.165) is 34.4 Å². The first-order chi connectivity index (χ1) is 29.9. The zero-order valence-electron chi connectivity index (χ0n) is 33.1. The van der Waals surface area contributed by atoms with Crippen molar-refractivity contribution in [3.8, 4) is 11.5 Å². The van der Waals surface area contributed by atoms with E-state index in [9.17, 15) is 37.4 Å². The van der Waals surface area contributed by atoms with Gasteiger partial charge in [0.15, 0.2) is 11.6 Å². The number of hydrogen-bond acceptors (Lipinski definition) is 10. The van der Waals surface area contributed by atoms with Crippen LogP contribution in [0.5, 0.6) is 11.5 Å². The van der Waals surface area contributed by atoms with Gasteiger partial charge in [-0.3, -0.25) is 9.59 Å². The average Bonchev–Trinajstić information content (AvgIpc) is 3.50. The number of carbonyl (C=O) groups excluding carboxylic acids is 2. The van der Waals surface area contributed by atoms with Crippen LogP contribution in [0.2, 0.25) is 0 Å². The Kier molecular flexibility index (Phi) is 13.6. The zero-order valence-corrected chi connectivity index (χ0v) is 33.1. The Morgan fingerprint density at radius 1 is 0.484 bits per heavy atom. The van der Waals surface area contributed by atoms with Gasteiger partial charge in [0, 0.05) is 45.8 Å². The van der Waals surface area contributed by atoms with Crippen molar-refractivity contribution in [2.75, 3.05) is 37.1 Å². The van der Waals surface area contributed by atoms with E-state index in [0.29, 0.717) is 70.8 Å². The Balaban J connectivity index is 0.000000186. The molecule has 0 saturated heterocycles. The van der Waals surface area contributed by atoms with E-state index in [-0.39, 0.29) is 36.2 Å². The third-order valence-electron chi connectivity index (χ3n) is 10.4. The van der Waals surface area contributed by atoms with Gasteiger partial charge in [0.05, 0.1) is 24.6 Å². The highest BCUT2D eigenvalue weighted by atomic mass is 19.1. The van der Waals surface area contributed by atoms with E-state index in [1.165, 1.54) is 24.3 Å². The molecule has 0 aromatic heterocycles. The van der Waals surface area contributed by atoms with Gasteiger partial charge in [-0.25, -0.2) is 17.6 Å². The first-order valence-electron chi connectivity index (χ1n) is 19.8. The predicted octanol–water partition coefficient (Wildman–Crippen LogP) is 7.54. The molecule has 0 radical (unpaired) electrons. The van der Waals surface area contributed by atoms with Crippen molar-refractivity contribution in [1.29, 1.82) is 0 Å². The van der Waals surface area contributed by atoms with Crippen molar-refractivity contribution in [2.24, 2.45) is 0 Å². The molecule has 0 heterocycles. The number of halogens is 4. The van der Waals surface area contributed by atoms with Gasteiger partial charge in [-0.2, -0.15) is 0 Å². The minimum Gasteiger partial charge on any atom is -0.491 e. The second-order valence-electron chi connectivity index (χ2n) is 14.8. The maximum Gasteiger partial charge on any atom is 0.193 e. The number of aliphatic hydroxyl groups excluding tert-OH is 4. The lowest BCUT2D eigenvalue weighted by Crippen LogP contribution is -2.21. The monoisotopic (exact) mass is 850 g/mol. The summed E-state index contributed by atoms with van der Waals surface area (Å²) in [6.45, 7) is -0.963. The summed E-state index contributed by atoms with van der Waals surface area (Å²) in [7, 11) is 0. The highest BCUT2D eigenvalue weighted by Gasteiger charge is 2.24. The quantitative estimate of drug-likeness (QED) is 0.0681. The van der Waals surface area contributed by atoms with Crippen LogP contribution in [0.15, 0.2) is 109 Å². The lowest BCUT2D eigenvalue weighted by molar-refractivity contribution is 0.0536. The van der Waals surface area contributed by atoms with Crippen molar-refractivity contribution >= 4 is 34.3 Å². The van der Waals surface area contributed by atoms with E-state index in [2.05, 4.69) is 10.6 Å². The number of ketones is 2. The van der Waals surface area contributed by atoms with Crippen molar-refractivity contribution in [3.63, 3.8) is 0 Å². The molecule has 6 N–H and O–H groups in total. The molecule has 14 heteroatoms. The predicted molar refractivity (Wildman–Crippen MR) is 224 cm³/mol. The van der Waals surface area contributed by atoms with E-state index in [4.69, 9.17) is 19.7 Å². The molecule has 0 unspecified atom stereocenters. The number of anilines is 4. The Morgan fingerprint density at radius 3 is 1.27 bits per heavy atom. The number of carbonyl (C=O) groups is 2. The number of nitrogens with one attached hydrogen (secondary N) is 2. The number of hydrogen-bond donors (Lipinski definition) is 6. The lowest BCUT2D eigenvalue weighted by atomic mass is 9.98. The Hall–Kier alpha value is -6.58. The summed E-state index contributed by atoms with van der Waals surface area (Å²) in [6.07, 6.45) is 0.543. The molecule has 0 bridgehead atoms. The largest absolute Gasteiger partial charge is 0.491 e. The summed E-state index contributed by atoms with van der Waals surface area (Å²) in [5, 5.41) is 42.6. The third-order valence-corrected chi connectivity index (χ3v) is 10.4. The molecule has 0 saturated carbocycles. The smallest absolute Gasteiger partial charge is 0.193 e. The van der Waals surface area contributed by atoms with Crippen LogP contribution in [-0.4, -0.2) is 70.6 Å². The van der Waals surface area contributed by atoms with Gasteiger partial charge in [-0.05, 0) is 133 Å². The summed E-state index contributed by atoms with van der Waals surface area (Å²) in [6, 6.07) is 27.4. The summed E-state index contributed by atoms with van der Waals surface area (Å²) >= 11 is 0. The average molecular weight is 851 g/mol. The van der Waals surface area contributed by atoms with Crippen LogP contribution in [0.25, 0.3) is 0 Å². The Morgan fingerprint density at radius 2 is 0.887 bits per heavy atom. The van der Waals surface area contributed by atoms with Crippen molar-refractivity contribution < 1.29 is 57.1 Å². The normalized spacial score (nSPS) is 13.7. The van der Waals surface area contributed by atoms with Gasteiger partial charge in [-0.15, -0.1) is 0 Å². The van der Waals surface area contributed by atoms with Gasteiger partial charge in [0.1, 0.15) is 60.2 Å². The second kappa shape index (κ2) is 19.4. The van der Waals surface area contributed by atoms with Crippen LogP contribution in [0.3, 0.4) is 0 Å². The fourth-order valence-corrected chi connectivity index (χ4v) is 7.16. The Labute approximate surface area is 354 Å². The number of ether oxygens (including phenoxy) is 2. The molecule has 62 heavy (non-hydrogen) atoms. The van der Waals surface area contributed by atoms with Gasteiger partial charge >= 0.3 is 0 Å². The SMILES string of the molecule is O=C1c2ccc(Nc3ccc(F)cc3F)cc2CCc2ccc(OC[C@H](O)CO)cc21.O=C1c2ccc(Nc3ccc(F)cc3F)cc2CCc2ccc(OC[C@H](O)CO)cc21. The molecular weight excluding hydrogens is 809 g/mol. The minimum atomic E-state index is -0.993. The highest BCUT2D eigenvalue weighted by Crippen LogP contribution is 2.33. The van der Waals surface area contributed by atoms with Gasteiger partial charge in [-0.1, -0.05) is 12.1 Å². The summed E-state index contributed by atoms with van der Waals surface area (Å²) in [4.78, 5) is 26.3.